The Kier molecular flexibility index (Phi) is 3.28. The lowest BCUT2D eigenvalue weighted by Crippen LogP contribution is -2.44. The van der Waals surface area contributed by atoms with Crippen LogP contribution < -0.4 is 0 Å². The second-order valence-electron chi connectivity index (χ2n) is 3.38. The van der Waals surface area contributed by atoms with E-state index in [1.54, 1.807) is 0 Å². The van der Waals surface area contributed by atoms with Crippen LogP contribution >= 0.6 is 0 Å². The van der Waals surface area contributed by atoms with Crippen molar-refractivity contribution in [2.45, 2.75) is 18.9 Å². The average Bonchev–Trinajstić information content (AvgIpc) is 2.51. The first-order valence-corrected chi connectivity index (χ1v) is 5.70. The van der Waals surface area contributed by atoms with E-state index in [0.29, 0.717) is 6.54 Å². The van der Waals surface area contributed by atoms with E-state index in [4.69, 9.17) is 5.11 Å². The van der Waals surface area contributed by atoms with Gasteiger partial charge in [0.25, 0.3) is 10.2 Å². The van der Waals surface area contributed by atoms with Gasteiger partial charge in [0.2, 0.25) is 0 Å². The van der Waals surface area contributed by atoms with Gasteiger partial charge in [-0.2, -0.15) is 17.0 Å². The van der Waals surface area contributed by atoms with Gasteiger partial charge in [-0.05, 0) is 12.8 Å². The topological polar surface area (TPSA) is 60.9 Å². The third-order valence-electron chi connectivity index (χ3n) is 2.29. The molecule has 0 saturated carbocycles. The first kappa shape index (κ1) is 10.9. The summed E-state index contributed by atoms with van der Waals surface area (Å²) in [6.45, 7) is 0.429. The summed E-state index contributed by atoms with van der Waals surface area (Å²) in [5, 5.41) is 8.96. The molecule has 6 heteroatoms. The molecular weight excluding hydrogens is 192 g/mol. The zero-order chi connectivity index (χ0) is 10.1. The van der Waals surface area contributed by atoms with E-state index in [9.17, 15) is 8.42 Å². The Bertz CT molecular complexity index is 263. The molecule has 0 radical (unpaired) electrons. The molecule has 78 valence electrons. The fourth-order valence-corrected chi connectivity index (χ4v) is 2.83. The fourth-order valence-electron chi connectivity index (χ4n) is 1.51. The minimum atomic E-state index is -3.33. The normalized spacial score (nSPS) is 25.7. The molecule has 1 aliphatic rings. The predicted molar refractivity (Wildman–Crippen MR) is 49.4 cm³/mol. The zero-order valence-electron chi connectivity index (χ0n) is 7.97. The maximum absolute atomic E-state index is 11.6. The van der Waals surface area contributed by atoms with E-state index in [1.807, 2.05) is 0 Å². The molecule has 1 heterocycles. The maximum atomic E-state index is 11.6. The lowest BCUT2D eigenvalue weighted by Gasteiger charge is -2.25. The molecule has 0 spiro atoms. The molecule has 1 aliphatic heterocycles. The molecule has 1 saturated heterocycles. The number of hydrogen-bond donors (Lipinski definition) is 1. The second-order valence-corrected chi connectivity index (χ2v) is 5.47. The number of aliphatic hydroxyl groups is 1. The van der Waals surface area contributed by atoms with Crippen molar-refractivity contribution in [3.63, 3.8) is 0 Å². The second kappa shape index (κ2) is 3.91. The number of hydrogen-bond acceptors (Lipinski definition) is 3. The van der Waals surface area contributed by atoms with Gasteiger partial charge in [0, 0.05) is 26.7 Å². The van der Waals surface area contributed by atoms with Crippen LogP contribution in [0.3, 0.4) is 0 Å². The third-order valence-corrected chi connectivity index (χ3v) is 4.29. The predicted octanol–water partition coefficient (Wildman–Crippen LogP) is -0.750. The van der Waals surface area contributed by atoms with Crippen LogP contribution in [-0.4, -0.2) is 55.4 Å². The van der Waals surface area contributed by atoms with E-state index in [-0.39, 0.29) is 12.6 Å². The summed E-state index contributed by atoms with van der Waals surface area (Å²) < 4.78 is 25.8. The van der Waals surface area contributed by atoms with Gasteiger partial charge in [0.1, 0.15) is 0 Å². The monoisotopic (exact) mass is 208 g/mol. The van der Waals surface area contributed by atoms with Crippen molar-refractivity contribution in [2.24, 2.45) is 0 Å². The molecule has 1 rings (SSSR count). The van der Waals surface area contributed by atoms with Crippen LogP contribution in [0.25, 0.3) is 0 Å². The molecule has 13 heavy (non-hydrogen) atoms. The molecular formula is C7H16N2O3S. The quantitative estimate of drug-likeness (QED) is 0.664. The highest BCUT2D eigenvalue weighted by atomic mass is 32.2. The Morgan fingerprint density at radius 3 is 2.62 bits per heavy atom. The summed E-state index contributed by atoms with van der Waals surface area (Å²) in [6, 6.07) is -0.229. The standard InChI is InChI=1S/C7H16N2O3S/c1-8(2)13(11,12)9-5-3-4-7(9)6-10/h7,10H,3-6H2,1-2H3/t7-/m1/s1. The molecule has 0 unspecified atom stereocenters. The summed E-state index contributed by atoms with van der Waals surface area (Å²) in [7, 11) is -0.327. The van der Waals surface area contributed by atoms with E-state index in [1.165, 1.54) is 22.7 Å². The van der Waals surface area contributed by atoms with Crippen molar-refractivity contribution in [3.05, 3.63) is 0 Å². The molecule has 1 atom stereocenters. The van der Waals surface area contributed by atoms with Gasteiger partial charge >= 0.3 is 0 Å². The molecule has 1 fully saturated rings. The Morgan fingerprint density at radius 1 is 1.54 bits per heavy atom. The highest BCUT2D eigenvalue weighted by molar-refractivity contribution is 7.86. The first-order valence-electron chi connectivity index (χ1n) is 4.30. The molecule has 0 aromatic heterocycles. The van der Waals surface area contributed by atoms with Crippen molar-refractivity contribution in [1.82, 2.24) is 8.61 Å². The maximum Gasteiger partial charge on any atom is 0.281 e. The first-order chi connectivity index (χ1) is 6.00. The van der Waals surface area contributed by atoms with Crippen LogP contribution in [0.2, 0.25) is 0 Å². The largest absolute Gasteiger partial charge is 0.395 e. The molecule has 0 aromatic carbocycles. The minimum Gasteiger partial charge on any atom is -0.395 e. The lowest BCUT2D eigenvalue weighted by atomic mass is 10.2. The number of rotatable bonds is 3. The van der Waals surface area contributed by atoms with Crippen LogP contribution in [0.15, 0.2) is 0 Å². The van der Waals surface area contributed by atoms with Gasteiger partial charge in [0.15, 0.2) is 0 Å². The van der Waals surface area contributed by atoms with E-state index in [0.717, 1.165) is 12.8 Å². The van der Waals surface area contributed by atoms with Gasteiger partial charge in [-0.15, -0.1) is 0 Å². The van der Waals surface area contributed by atoms with Gasteiger partial charge in [0.05, 0.1) is 6.61 Å². The SMILES string of the molecule is CN(C)S(=O)(=O)N1CCC[C@@H]1CO. The van der Waals surface area contributed by atoms with Crippen LogP contribution in [0.1, 0.15) is 12.8 Å². The van der Waals surface area contributed by atoms with Crippen LogP contribution in [0.4, 0.5) is 0 Å². The van der Waals surface area contributed by atoms with Crippen molar-refractivity contribution >= 4 is 10.2 Å². The molecule has 0 amide bonds. The van der Waals surface area contributed by atoms with Gasteiger partial charge in [-0.25, -0.2) is 0 Å². The Balaban J connectivity index is 2.82. The van der Waals surface area contributed by atoms with E-state index in [2.05, 4.69) is 0 Å². The molecule has 1 N–H and O–H groups in total. The summed E-state index contributed by atoms with van der Waals surface area (Å²) in [4.78, 5) is 0. The third kappa shape index (κ3) is 2.01. The zero-order valence-corrected chi connectivity index (χ0v) is 8.79. The summed E-state index contributed by atoms with van der Waals surface area (Å²) in [5.74, 6) is 0. The Morgan fingerprint density at radius 2 is 2.15 bits per heavy atom. The molecule has 0 aromatic rings. The van der Waals surface area contributed by atoms with Gasteiger partial charge < -0.3 is 5.11 Å². The van der Waals surface area contributed by atoms with Gasteiger partial charge in [-0.1, -0.05) is 0 Å². The van der Waals surface area contributed by atoms with E-state index >= 15 is 0 Å². The molecule has 0 bridgehead atoms. The van der Waals surface area contributed by atoms with Crippen molar-refractivity contribution < 1.29 is 13.5 Å². The van der Waals surface area contributed by atoms with Crippen LogP contribution in [-0.2, 0) is 10.2 Å². The highest BCUT2D eigenvalue weighted by Crippen LogP contribution is 2.21. The Labute approximate surface area is 79.1 Å². The Hall–Kier alpha value is -0.170. The van der Waals surface area contributed by atoms with Crippen LogP contribution in [0, 0.1) is 0 Å². The number of nitrogens with zero attached hydrogens (tertiary/aromatic N) is 2. The smallest absolute Gasteiger partial charge is 0.281 e. The molecule has 0 aliphatic carbocycles. The average molecular weight is 208 g/mol. The summed E-state index contributed by atoms with van der Waals surface area (Å²) in [6.07, 6.45) is 1.59. The summed E-state index contributed by atoms with van der Waals surface area (Å²) >= 11 is 0. The number of aliphatic hydroxyl groups excluding tert-OH is 1. The van der Waals surface area contributed by atoms with Crippen molar-refractivity contribution in [3.8, 4) is 0 Å². The fraction of sp³-hybridized carbons (Fsp3) is 1.00. The minimum absolute atomic E-state index is 0.0902. The molecule has 5 nitrogen and oxygen atoms in total. The lowest BCUT2D eigenvalue weighted by molar-refractivity contribution is 0.209. The van der Waals surface area contributed by atoms with Crippen molar-refractivity contribution in [1.29, 1.82) is 0 Å². The summed E-state index contributed by atoms with van der Waals surface area (Å²) in [5.41, 5.74) is 0. The highest BCUT2D eigenvalue weighted by Gasteiger charge is 2.34. The van der Waals surface area contributed by atoms with Gasteiger partial charge in [-0.3, -0.25) is 0 Å². The van der Waals surface area contributed by atoms with Crippen LogP contribution in [0.5, 0.6) is 0 Å². The van der Waals surface area contributed by atoms with Crippen molar-refractivity contribution in [2.75, 3.05) is 27.2 Å². The van der Waals surface area contributed by atoms with E-state index < -0.39 is 10.2 Å².